The average Bonchev–Trinajstić information content (AvgIpc) is 3.05. The topological polar surface area (TPSA) is 50.9 Å². The number of thiophene rings is 1. The van der Waals surface area contributed by atoms with E-state index >= 15 is 0 Å². The number of hydrazine groups is 1. The van der Waals surface area contributed by atoms with Crippen molar-refractivity contribution in [3.63, 3.8) is 0 Å². The molecule has 1 unspecified atom stereocenters. The number of rotatable bonds is 5. The number of nitrogens with two attached hydrogens (primary N) is 1. The Kier molecular flexibility index (Phi) is 4.12. The second kappa shape index (κ2) is 6.01. The van der Waals surface area contributed by atoms with E-state index in [9.17, 15) is 0 Å². The molecule has 1 aromatic carbocycles. The Morgan fingerprint density at radius 1 is 1.20 bits per heavy atom. The standard InChI is InChI=1S/C15H17N3S2/c1-10-17-13(9-19-10)7-12(18-16)6-11-8-20-15-5-3-2-4-14(11)15/h2-5,8-9,12,18H,6-7,16H2,1H3. The van der Waals surface area contributed by atoms with E-state index < -0.39 is 0 Å². The number of benzene rings is 1. The summed E-state index contributed by atoms with van der Waals surface area (Å²) in [7, 11) is 0. The van der Waals surface area contributed by atoms with Crippen molar-refractivity contribution in [1.82, 2.24) is 10.4 Å². The van der Waals surface area contributed by atoms with Gasteiger partial charge < -0.3 is 0 Å². The predicted molar refractivity (Wildman–Crippen MR) is 87.2 cm³/mol. The maximum Gasteiger partial charge on any atom is 0.0897 e. The summed E-state index contributed by atoms with van der Waals surface area (Å²) in [5.74, 6) is 5.72. The summed E-state index contributed by atoms with van der Waals surface area (Å²) in [6.45, 7) is 2.03. The van der Waals surface area contributed by atoms with Crippen molar-refractivity contribution in [1.29, 1.82) is 0 Å². The molecular weight excluding hydrogens is 286 g/mol. The summed E-state index contributed by atoms with van der Waals surface area (Å²) in [6, 6.07) is 8.74. The third-order valence-electron chi connectivity index (χ3n) is 3.39. The molecule has 0 radical (unpaired) electrons. The Balaban J connectivity index is 1.77. The fourth-order valence-electron chi connectivity index (χ4n) is 2.40. The summed E-state index contributed by atoms with van der Waals surface area (Å²) in [5.41, 5.74) is 5.41. The largest absolute Gasteiger partial charge is 0.271 e. The van der Waals surface area contributed by atoms with Gasteiger partial charge in [-0.25, -0.2) is 4.98 Å². The molecule has 0 fully saturated rings. The zero-order valence-electron chi connectivity index (χ0n) is 11.3. The maximum absolute atomic E-state index is 5.72. The van der Waals surface area contributed by atoms with Crippen molar-refractivity contribution in [3.8, 4) is 0 Å². The van der Waals surface area contributed by atoms with Crippen molar-refractivity contribution in [2.24, 2.45) is 5.84 Å². The molecule has 0 aliphatic carbocycles. The molecule has 5 heteroatoms. The summed E-state index contributed by atoms with van der Waals surface area (Å²) in [4.78, 5) is 4.52. The highest BCUT2D eigenvalue weighted by molar-refractivity contribution is 7.17. The van der Waals surface area contributed by atoms with Gasteiger partial charge in [0, 0.05) is 22.5 Å². The molecule has 0 bridgehead atoms. The van der Waals surface area contributed by atoms with Gasteiger partial charge in [0.15, 0.2) is 0 Å². The molecule has 0 aliphatic rings. The van der Waals surface area contributed by atoms with Gasteiger partial charge in [0.05, 0.1) is 10.7 Å². The van der Waals surface area contributed by atoms with Crippen molar-refractivity contribution < 1.29 is 0 Å². The van der Waals surface area contributed by atoms with E-state index in [0.29, 0.717) is 0 Å². The Morgan fingerprint density at radius 2 is 2.05 bits per heavy atom. The molecule has 3 N–H and O–H groups in total. The monoisotopic (exact) mass is 303 g/mol. The highest BCUT2D eigenvalue weighted by atomic mass is 32.1. The molecule has 2 aromatic heterocycles. The Hall–Kier alpha value is -1.27. The predicted octanol–water partition coefficient (Wildman–Crippen LogP) is 3.28. The van der Waals surface area contributed by atoms with Crippen molar-refractivity contribution >= 4 is 32.8 Å². The van der Waals surface area contributed by atoms with Gasteiger partial charge in [0.2, 0.25) is 0 Å². The SMILES string of the molecule is Cc1nc(CC(Cc2csc3ccccc23)NN)cs1. The second-order valence-corrected chi connectivity index (χ2v) is 6.86. The zero-order valence-corrected chi connectivity index (χ0v) is 12.9. The molecule has 0 saturated carbocycles. The smallest absolute Gasteiger partial charge is 0.0897 e. The summed E-state index contributed by atoms with van der Waals surface area (Å²) < 4.78 is 1.34. The van der Waals surface area contributed by atoms with E-state index in [0.717, 1.165) is 23.5 Å². The molecule has 104 valence electrons. The summed E-state index contributed by atoms with van der Waals surface area (Å²) >= 11 is 3.48. The third-order valence-corrected chi connectivity index (χ3v) is 5.22. The minimum Gasteiger partial charge on any atom is -0.271 e. The molecule has 0 spiro atoms. The van der Waals surface area contributed by atoms with Crippen LogP contribution in [0.5, 0.6) is 0 Å². The van der Waals surface area contributed by atoms with E-state index in [1.54, 1.807) is 22.7 Å². The third kappa shape index (κ3) is 2.91. The molecule has 1 atom stereocenters. The first-order chi connectivity index (χ1) is 9.76. The number of fused-ring (bicyclic) bond motifs is 1. The minimum atomic E-state index is 0.217. The average molecular weight is 303 g/mol. The van der Waals surface area contributed by atoms with Crippen LogP contribution >= 0.6 is 22.7 Å². The van der Waals surface area contributed by atoms with Crippen LogP contribution in [0.1, 0.15) is 16.3 Å². The number of aromatic nitrogens is 1. The first-order valence-electron chi connectivity index (χ1n) is 6.58. The minimum absolute atomic E-state index is 0.217. The fourth-order valence-corrected chi connectivity index (χ4v) is 4.00. The lowest BCUT2D eigenvalue weighted by molar-refractivity contribution is 0.520. The maximum atomic E-state index is 5.72. The summed E-state index contributed by atoms with van der Waals surface area (Å²) in [6.07, 6.45) is 1.79. The molecular formula is C15H17N3S2. The number of nitrogens with one attached hydrogen (secondary N) is 1. The number of hydrogen-bond donors (Lipinski definition) is 2. The van der Waals surface area contributed by atoms with Crippen LogP contribution in [0.2, 0.25) is 0 Å². The van der Waals surface area contributed by atoms with E-state index in [1.807, 2.05) is 6.92 Å². The molecule has 3 aromatic rings. The molecule has 20 heavy (non-hydrogen) atoms. The van der Waals surface area contributed by atoms with Crippen LogP contribution in [-0.2, 0) is 12.8 Å². The summed E-state index contributed by atoms with van der Waals surface area (Å²) in [5, 5.41) is 6.80. The van der Waals surface area contributed by atoms with Gasteiger partial charge in [-0.1, -0.05) is 18.2 Å². The van der Waals surface area contributed by atoms with Crippen LogP contribution in [-0.4, -0.2) is 11.0 Å². The van der Waals surface area contributed by atoms with Gasteiger partial charge in [0.25, 0.3) is 0 Å². The number of thiazole rings is 1. The van der Waals surface area contributed by atoms with Crippen LogP contribution in [0, 0.1) is 6.92 Å². The molecule has 0 aliphatic heterocycles. The Bertz CT molecular complexity index is 702. The second-order valence-electron chi connectivity index (χ2n) is 4.89. The van der Waals surface area contributed by atoms with Crippen LogP contribution in [0.3, 0.4) is 0 Å². The van der Waals surface area contributed by atoms with E-state index in [1.165, 1.54) is 15.6 Å². The van der Waals surface area contributed by atoms with Crippen molar-refractivity contribution in [2.45, 2.75) is 25.8 Å². The van der Waals surface area contributed by atoms with Crippen molar-refractivity contribution in [2.75, 3.05) is 0 Å². The number of aryl methyl sites for hydroxylation is 1. The Morgan fingerprint density at radius 3 is 2.80 bits per heavy atom. The molecule has 3 nitrogen and oxygen atoms in total. The van der Waals surface area contributed by atoms with Crippen molar-refractivity contribution in [3.05, 3.63) is 51.3 Å². The Labute approximate surface area is 126 Å². The van der Waals surface area contributed by atoms with Gasteiger partial charge in [-0.15, -0.1) is 22.7 Å². The lowest BCUT2D eigenvalue weighted by Gasteiger charge is -2.14. The van der Waals surface area contributed by atoms with Crippen LogP contribution in [0.15, 0.2) is 35.0 Å². The highest BCUT2D eigenvalue weighted by Gasteiger charge is 2.13. The first-order valence-corrected chi connectivity index (χ1v) is 8.34. The first kappa shape index (κ1) is 13.7. The molecule has 3 rings (SSSR count). The lowest BCUT2D eigenvalue weighted by Crippen LogP contribution is -2.38. The molecule has 2 heterocycles. The van der Waals surface area contributed by atoms with Gasteiger partial charge in [0.1, 0.15) is 0 Å². The lowest BCUT2D eigenvalue weighted by atomic mass is 10.0. The molecule has 0 saturated heterocycles. The highest BCUT2D eigenvalue weighted by Crippen LogP contribution is 2.27. The van der Waals surface area contributed by atoms with Gasteiger partial charge in [-0.3, -0.25) is 11.3 Å². The van der Waals surface area contributed by atoms with E-state index in [2.05, 4.69) is 45.4 Å². The van der Waals surface area contributed by atoms with Gasteiger partial charge in [-0.2, -0.15) is 0 Å². The fraction of sp³-hybridized carbons (Fsp3) is 0.267. The van der Waals surface area contributed by atoms with E-state index in [4.69, 9.17) is 5.84 Å². The van der Waals surface area contributed by atoms with Gasteiger partial charge in [-0.05, 0) is 35.7 Å². The van der Waals surface area contributed by atoms with Gasteiger partial charge >= 0.3 is 0 Å². The number of nitrogens with zero attached hydrogens (tertiary/aromatic N) is 1. The quantitative estimate of drug-likeness (QED) is 0.562. The molecule has 0 amide bonds. The zero-order chi connectivity index (χ0) is 13.9. The van der Waals surface area contributed by atoms with E-state index in [-0.39, 0.29) is 6.04 Å². The normalized spacial score (nSPS) is 12.9. The number of hydrogen-bond acceptors (Lipinski definition) is 5. The van der Waals surface area contributed by atoms with Crippen LogP contribution < -0.4 is 11.3 Å². The van der Waals surface area contributed by atoms with Crippen LogP contribution in [0.4, 0.5) is 0 Å². The van der Waals surface area contributed by atoms with Crippen LogP contribution in [0.25, 0.3) is 10.1 Å².